The number of unbranched alkanes of at least 4 members (excludes halogenated alkanes) is 1. The molecule has 1 heterocycles. The van der Waals surface area contributed by atoms with Gasteiger partial charge in [-0.15, -0.1) is 0 Å². The van der Waals surface area contributed by atoms with Gasteiger partial charge >= 0.3 is 5.97 Å². The van der Waals surface area contributed by atoms with Gasteiger partial charge in [0.25, 0.3) is 0 Å². The van der Waals surface area contributed by atoms with Gasteiger partial charge in [0.15, 0.2) is 0 Å². The molecule has 0 fully saturated rings. The molecule has 1 N–H and O–H groups in total. The molecule has 0 saturated heterocycles. The second-order valence-electron chi connectivity index (χ2n) is 3.76. The Morgan fingerprint density at radius 2 is 2.24 bits per heavy atom. The summed E-state index contributed by atoms with van der Waals surface area (Å²) < 4.78 is 0.685. The molecule has 17 heavy (non-hydrogen) atoms. The van der Waals surface area contributed by atoms with Crippen molar-refractivity contribution in [1.82, 2.24) is 4.98 Å². The summed E-state index contributed by atoms with van der Waals surface area (Å²) in [5.74, 6) is -0.389. The van der Waals surface area contributed by atoms with E-state index in [1.54, 1.807) is 12.3 Å². The Labute approximate surface area is 110 Å². The van der Waals surface area contributed by atoms with Crippen LogP contribution in [0.2, 0.25) is 0 Å². The smallest absolute Gasteiger partial charge is 0.339 e. The number of hydrogen-bond acceptors (Lipinski definition) is 3. The minimum Gasteiger partial charge on any atom is -0.478 e. The van der Waals surface area contributed by atoms with Gasteiger partial charge in [0.2, 0.25) is 0 Å². The zero-order valence-electron chi connectivity index (χ0n) is 10.1. The lowest BCUT2D eigenvalue weighted by Crippen LogP contribution is -2.27. The number of nitrogens with zero attached hydrogens (tertiary/aromatic N) is 2. The van der Waals surface area contributed by atoms with E-state index < -0.39 is 5.97 Å². The number of carboxylic acids is 1. The van der Waals surface area contributed by atoms with Crippen LogP contribution in [0.1, 0.15) is 37.0 Å². The van der Waals surface area contributed by atoms with Crippen molar-refractivity contribution in [2.24, 2.45) is 0 Å². The first-order chi connectivity index (χ1) is 8.10. The van der Waals surface area contributed by atoms with Crippen molar-refractivity contribution in [2.75, 3.05) is 18.0 Å². The van der Waals surface area contributed by atoms with Crippen molar-refractivity contribution in [1.29, 1.82) is 0 Å². The van der Waals surface area contributed by atoms with E-state index in [4.69, 9.17) is 0 Å². The highest BCUT2D eigenvalue weighted by molar-refractivity contribution is 9.10. The summed E-state index contributed by atoms with van der Waals surface area (Å²) in [4.78, 5) is 17.4. The molecule has 1 aromatic heterocycles. The number of rotatable bonds is 6. The van der Waals surface area contributed by atoms with Crippen molar-refractivity contribution in [3.05, 3.63) is 22.3 Å². The second kappa shape index (κ2) is 6.59. The average Bonchev–Trinajstić information content (AvgIpc) is 2.31. The van der Waals surface area contributed by atoms with Gasteiger partial charge in [0.05, 0.1) is 0 Å². The van der Waals surface area contributed by atoms with E-state index in [1.807, 2.05) is 11.8 Å². The lowest BCUT2D eigenvalue weighted by Gasteiger charge is -2.23. The van der Waals surface area contributed by atoms with Crippen LogP contribution in [0.15, 0.2) is 16.7 Å². The molecule has 0 amide bonds. The Bertz CT molecular complexity index is 396. The van der Waals surface area contributed by atoms with Crippen LogP contribution in [0, 0.1) is 0 Å². The summed E-state index contributed by atoms with van der Waals surface area (Å²) in [6.45, 7) is 5.71. The molecule has 0 saturated carbocycles. The van der Waals surface area contributed by atoms with E-state index in [1.165, 1.54) is 0 Å². The van der Waals surface area contributed by atoms with Gasteiger partial charge in [-0.25, -0.2) is 9.78 Å². The van der Waals surface area contributed by atoms with Crippen LogP contribution in [0.25, 0.3) is 0 Å². The highest BCUT2D eigenvalue weighted by Gasteiger charge is 2.16. The van der Waals surface area contributed by atoms with Gasteiger partial charge in [-0.2, -0.15) is 0 Å². The first-order valence-corrected chi connectivity index (χ1v) is 6.53. The van der Waals surface area contributed by atoms with Gasteiger partial charge < -0.3 is 10.0 Å². The molecular formula is C12H17BrN2O2. The molecule has 0 aliphatic carbocycles. The van der Waals surface area contributed by atoms with E-state index in [9.17, 15) is 9.90 Å². The van der Waals surface area contributed by atoms with Gasteiger partial charge in [-0.05, 0) is 35.3 Å². The first kappa shape index (κ1) is 14.0. The highest BCUT2D eigenvalue weighted by Crippen LogP contribution is 2.22. The Morgan fingerprint density at radius 1 is 1.53 bits per heavy atom. The quantitative estimate of drug-likeness (QED) is 0.877. The fourth-order valence-electron chi connectivity index (χ4n) is 1.60. The Balaban J connectivity index is 3.05. The number of carbonyl (C=O) groups is 1. The number of aromatic carboxylic acids is 1. The summed E-state index contributed by atoms with van der Waals surface area (Å²) in [6.07, 6.45) is 3.75. The minimum absolute atomic E-state index is 0.248. The molecular weight excluding hydrogens is 284 g/mol. The molecule has 94 valence electrons. The summed E-state index contributed by atoms with van der Waals surface area (Å²) in [7, 11) is 0. The Kier molecular flexibility index (Phi) is 5.41. The number of halogens is 1. The third-order valence-corrected chi connectivity index (χ3v) is 2.96. The van der Waals surface area contributed by atoms with Crippen LogP contribution in [0.4, 0.5) is 5.82 Å². The van der Waals surface area contributed by atoms with Crippen molar-refractivity contribution in [2.45, 2.75) is 26.7 Å². The van der Waals surface area contributed by atoms with Crippen LogP contribution < -0.4 is 4.90 Å². The highest BCUT2D eigenvalue weighted by atomic mass is 79.9. The summed E-state index contributed by atoms with van der Waals surface area (Å²) in [5, 5.41) is 9.17. The second-order valence-corrected chi connectivity index (χ2v) is 4.68. The number of carboxylic acid groups (broad SMARTS) is 1. The maximum atomic E-state index is 11.2. The largest absolute Gasteiger partial charge is 0.478 e. The normalized spacial score (nSPS) is 10.3. The zero-order chi connectivity index (χ0) is 12.8. The molecule has 1 rings (SSSR count). The maximum Gasteiger partial charge on any atom is 0.339 e. The van der Waals surface area contributed by atoms with Crippen LogP contribution >= 0.6 is 15.9 Å². The maximum absolute atomic E-state index is 11.2. The monoisotopic (exact) mass is 300 g/mol. The summed E-state index contributed by atoms with van der Waals surface area (Å²) >= 11 is 3.24. The third-order valence-electron chi connectivity index (χ3n) is 2.53. The Morgan fingerprint density at radius 3 is 2.76 bits per heavy atom. The van der Waals surface area contributed by atoms with Crippen LogP contribution in [-0.4, -0.2) is 29.1 Å². The number of anilines is 1. The molecule has 0 atom stereocenters. The SMILES string of the molecule is CCCCN(CC)c1ncc(Br)cc1C(=O)O. The number of aromatic nitrogens is 1. The minimum atomic E-state index is -0.941. The Hall–Kier alpha value is -1.10. The number of hydrogen-bond donors (Lipinski definition) is 1. The van der Waals surface area contributed by atoms with E-state index in [0.29, 0.717) is 10.3 Å². The van der Waals surface area contributed by atoms with Crippen LogP contribution in [0.5, 0.6) is 0 Å². The average molecular weight is 301 g/mol. The van der Waals surface area contributed by atoms with Crippen LogP contribution in [-0.2, 0) is 0 Å². The third kappa shape index (κ3) is 3.70. The van der Waals surface area contributed by atoms with E-state index >= 15 is 0 Å². The first-order valence-electron chi connectivity index (χ1n) is 5.73. The van der Waals surface area contributed by atoms with Gasteiger partial charge in [0, 0.05) is 23.8 Å². The molecule has 0 spiro atoms. The van der Waals surface area contributed by atoms with Crippen LogP contribution in [0.3, 0.4) is 0 Å². The molecule has 0 aliphatic heterocycles. The van der Waals surface area contributed by atoms with Gasteiger partial charge in [-0.1, -0.05) is 13.3 Å². The van der Waals surface area contributed by atoms with Crippen molar-refractivity contribution >= 4 is 27.7 Å². The van der Waals surface area contributed by atoms with E-state index in [2.05, 4.69) is 27.8 Å². The fourth-order valence-corrected chi connectivity index (χ4v) is 1.94. The molecule has 0 unspecified atom stereocenters. The molecule has 0 radical (unpaired) electrons. The predicted molar refractivity (Wildman–Crippen MR) is 71.7 cm³/mol. The lowest BCUT2D eigenvalue weighted by atomic mass is 10.2. The molecule has 5 heteroatoms. The summed E-state index contributed by atoms with van der Waals surface area (Å²) in [5.41, 5.74) is 0.248. The predicted octanol–water partition coefficient (Wildman–Crippen LogP) is 3.17. The van der Waals surface area contributed by atoms with Gasteiger partial charge in [-0.3, -0.25) is 0 Å². The van der Waals surface area contributed by atoms with Crippen molar-refractivity contribution in [3.63, 3.8) is 0 Å². The molecule has 0 aromatic carbocycles. The van der Waals surface area contributed by atoms with E-state index in [-0.39, 0.29) is 5.56 Å². The summed E-state index contributed by atoms with van der Waals surface area (Å²) in [6, 6.07) is 1.60. The molecule has 1 aromatic rings. The lowest BCUT2D eigenvalue weighted by molar-refractivity contribution is 0.0697. The van der Waals surface area contributed by atoms with Crippen molar-refractivity contribution in [3.8, 4) is 0 Å². The van der Waals surface area contributed by atoms with E-state index in [0.717, 1.165) is 25.9 Å². The zero-order valence-corrected chi connectivity index (χ0v) is 11.7. The van der Waals surface area contributed by atoms with Gasteiger partial charge in [0.1, 0.15) is 11.4 Å². The molecule has 0 aliphatic rings. The fraction of sp³-hybridized carbons (Fsp3) is 0.500. The number of pyridine rings is 1. The molecule has 4 nitrogen and oxygen atoms in total. The standard InChI is InChI=1S/C12H17BrN2O2/c1-3-5-6-15(4-2)11-10(12(16)17)7-9(13)8-14-11/h7-8H,3-6H2,1-2H3,(H,16,17). The topological polar surface area (TPSA) is 53.4 Å². The van der Waals surface area contributed by atoms with Crippen molar-refractivity contribution < 1.29 is 9.90 Å². The molecule has 0 bridgehead atoms.